The van der Waals surface area contributed by atoms with Crippen LogP contribution in [0.2, 0.25) is 0 Å². The lowest BCUT2D eigenvalue weighted by Crippen LogP contribution is -2.38. The molecule has 3 heteroatoms. The summed E-state index contributed by atoms with van der Waals surface area (Å²) in [6, 6.07) is 0. The summed E-state index contributed by atoms with van der Waals surface area (Å²) >= 11 is 0. The molecule has 0 bridgehead atoms. The molecule has 1 heterocycles. The SMILES string of the molecule is CC(=O)CCN1CCC2CC2C1=O. The van der Waals surface area contributed by atoms with Crippen molar-refractivity contribution in [3.8, 4) is 0 Å². The average Bonchev–Trinajstić information content (AvgIpc) is 2.82. The Morgan fingerprint density at radius 2 is 2.38 bits per heavy atom. The number of carbonyl (C=O) groups excluding carboxylic acids is 2. The molecule has 1 saturated carbocycles. The highest BCUT2D eigenvalue weighted by atomic mass is 16.2. The first kappa shape index (κ1) is 8.73. The molecule has 2 rings (SSSR count). The van der Waals surface area contributed by atoms with Crippen LogP contribution in [0.3, 0.4) is 0 Å². The molecule has 1 aliphatic carbocycles. The van der Waals surface area contributed by atoms with E-state index in [2.05, 4.69) is 0 Å². The number of amides is 1. The third kappa shape index (κ3) is 1.74. The van der Waals surface area contributed by atoms with Crippen molar-refractivity contribution >= 4 is 11.7 Å². The number of carbonyl (C=O) groups is 2. The number of piperidine rings is 1. The Hall–Kier alpha value is -0.860. The molecule has 2 unspecified atom stereocenters. The van der Waals surface area contributed by atoms with Crippen LogP contribution in [0, 0.1) is 11.8 Å². The lowest BCUT2D eigenvalue weighted by atomic mass is 10.1. The van der Waals surface area contributed by atoms with E-state index in [1.54, 1.807) is 6.92 Å². The van der Waals surface area contributed by atoms with Crippen LogP contribution in [0.1, 0.15) is 26.2 Å². The van der Waals surface area contributed by atoms with Crippen LogP contribution in [0.15, 0.2) is 0 Å². The molecule has 0 aromatic carbocycles. The second kappa shape index (κ2) is 3.13. The Balaban J connectivity index is 1.85. The topological polar surface area (TPSA) is 37.4 Å². The highest BCUT2D eigenvalue weighted by Gasteiger charge is 2.47. The van der Waals surface area contributed by atoms with Crippen molar-refractivity contribution in [2.24, 2.45) is 11.8 Å². The van der Waals surface area contributed by atoms with Crippen LogP contribution in [0.4, 0.5) is 0 Å². The van der Waals surface area contributed by atoms with Gasteiger partial charge < -0.3 is 4.90 Å². The van der Waals surface area contributed by atoms with Gasteiger partial charge in [0.25, 0.3) is 0 Å². The fraction of sp³-hybridized carbons (Fsp3) is 0.800. The maximum absolute atomic E-state index is 11.6. The lowest BCUT2D eigenvalue weighted by Gasteiger charge is -2.25. The lowest BCUT2D eigenvalue weighted by molar-refractivity contribution is -0.135. The van der Waals surface area contributed by atoms with Gasteiger partial charge in [-0.1, -0.05) is 0 Å². The van der Waals surface area contributed by atoms with Gasteiger partial charge in [0.15, 0.2) is 0 Å². The zero-order valence-electron chi connectivity index (χ0n) is 7.95. The van der Waals surface area contributed by atoms with Crippen LogP contribution < -0.4 is 0 Å². The molecule has 2 atom stereocenters. The van der Waals surface area contributed by atoms with E-state index in [-0.39, 0.29) is 11.7 Å². The summed E-state index contributed by atoms with van der Waals surface area (Å²) in [6.45, 7) is 3.08. The van der Waals surface area contributed by atoms with Crippen molar-refractivity contribution in [3.63, 3.8) is 0 Å². The van der Waals surface area contributed by atoms with Crippen molar-refractivity contribution in [1.29, 1.82) is 0 Å². The van der Waals surface area contributed by atoms with E-state index in [1.165, 1.54) is 0 Å². The summed E-state index contributed by atoms with van der Waals surface area (Å²) in [4.78, 5) is 24.2. The van der Waals surface area contributed by atoms with Crippen LogP contribution >= 0.6 is 0 Å². The third-order valence-electron chi connectivity index (χ3n) is 3.06. The molecule has 0 radical (unpaired) electrons. The van der Waals surface area contributed by atoms with E-state index in [9.17, 15) is 9.59 Å². The largest absolute Gasteiger partial charge is 0.342 e. The van der Waals surface area contributed by atoms with Gasteiger partial charge in [0.1, 0.15) is 5.78 Å². The summed E-state index contributed by atoms with van der Waals surface area (Å²) < 4.78 is 0. The Morgan fingerprint density at radius 3 is 3.08 bits per heavy atom. The molecule has 0 aromatic heterocycles. The Morgan fingerprint density at radius 1 is 1.62 bits per heavy atom. The second-order valence-corrected chi connectivity index (χ2v) is 4.17. The van der Waals surface area contributed by atoms with Crippen LogP contribution in [-0.2, 0) is 9.59 Å². The molecule has 3 nitrogen and oxygen atoms in total. The molecule has 72 valence electrons. The zero-order chi connectivity index (χ0) is 9.42. The molecule has 0 N–H and O–H groups in total. The van der Waals surface area contributed by atoms with Gasteiger partial charge in [-0.25, -0.2) is 0 Å². The molecule has 0 aromatic rings. The van der Waals surface area contributed by atoms with Gasteiger partial charge in [0.2, 0.25) is 5.91 Å². The Kier molecular flexibility index (Phi) is 2.10. The van der Waals surface area contributed by atoms with Crippen molar-refractivity contribution < 1.29 is 9.59 Å². The smallest absolute Gasteiger partial charge is 0.225 e. The Labute approximate surface area is 78.1 Å². The highest BCUT2D eigenvalue weighted by Crippen LogP contribution is 2.45. The Bertz CT molecular complexity index is 249. The summed E-state index contributed by atoms with van der Waals surface area (Å²) in [5.74, 6) is 1.46. The summed E-state index contributed by atoms with van der Waals surface area (Å²) in [7, 11) is 0. The maximum atomic E-state index is 11.6. The molecule has 2 aliphatic rings. The van der Waals surface area contributed by atoms with Gasteiger partial charge in [0.05, 0.1) is 0 Å². The van der Waals surface area contributed by atoms with Gasteiger partial charge in [-0.05, 0) is 25.7 Å². The summed E-state index contributed by atoms with van der Waals surface area (Å²) in [5.41, 5.74) is 0. The normalized spacial score (nSPS) is 31.5. The number of fused-ring (bicyclic) bond motifs is 1. The number of ketones is 1. The van der Waals surface area contributed by atoms with E-state index in [0.717, 1.165) is 19.4 Å². The van der Waals surface area contributed by atoms with Crippen LogP contribution in [-0.4, -0.2) is 29.7 Å². The standard InChI is InChI=1S/C10H15NO2/c1-7(12)2-4-11-5-3-8-6-9(8)10(11)13/h8-9H,2-6H2,1H3. The number of nitrogens with zero attached hydrogens (tertiary/aromatic N) is 1. The first-order valence-electron chi connectivity index (χ1n) is 4.96. The molecule has 1 saturated heterocycles. The number of hydrogen-bond acceptors (Lipinski definition) is 2. The molecule has 1 amide bonds. The number of rotatable bonds is 3. The third-order valence-corrected chi connectivity index (χ3v) is 3.06. The molecule has 1 aliphatic heterocycles. The fourth-order valence-corrected chi connectivity index (χ4v) is 2.05. The maximum Gasteiger partial charge on any atom is 0.225 e. The summed E-state index contributed by atoms with van der Waals surface area (Å²) in [5, 5.41) is 0. The molecular weight excluding hydrogens is 166 g/mol. The van der Waals surface area contributed by atoms with Gasteiger partial charge in [-0.3, -0.25) is 9.59 Å². The van der Waals surface area contributed by atoms with E-state index >= 15 is 0 Å². The van der Waals surface area contributed by atoms with E-state index < -0.39 is 0 Å². The predicted octanol–water partition coefficient (Wildman–Crippen LogP) is 0.834. The van der Waals surface area contributed by atoms with E-state index in [1.807, 2.05) is 4.90 Å². The van der Waals surface area contributed by atoms with Crippen molar-refractivity contribution in [2.45, 2.75) is 26.2 Å². The van der Waals surface area contributed by atoms with Crippen LogP contribution in [0.25, 0.3) is 0 Å². The minimum Gasteiger partial charge on any atom is -0.342 e. The number of Topliss-reactive ketones (excluding diaryl/α,β-unsaturated/α-hetero) is 1. The monoisotopic (exact) mass is 181 g/mol. The first-order chi connectivity index (χ1) is 6.18. The molecule has 2 fully saturated rings. The average molecular weight is 181 g/mol. The van der Waals surface area contributed by atoms with Crippen molar-refractivity contribution in [2.75, 3.05) is 13.1 Å². The predicted molar refractivity (Wildman–Crippen MR) is 48.1 cm³/mol. The van der Waals surface area contributed by atoms with Gasteiger partial charge in [-0.2, -0.15) is 0 Å². The zero-order valence-corrected chi connectivity index (χ0v) is 7.95. The minimum absolute atomic E-state index is 0.172. The quantitative estimate of drug-likeness (QED) is 0.646. The van der Waals surface area contributed by atoms with Gasteiger partial charge in [-0.15, -0.1) is 0 Å². The van der Waals surface area contributed by atoms with E-state index in [0.29, 0.717) is 24.8 Å². The van der Waals surface area contributed by atoms with Crippen molar-refractivity contribution in [3.05, 3.63) is 0 Å². The van der Waals surface area contributed by atoms with Gasteiger partial charge >= 0.3 is 0 Å². The molecule has 0 spiro atoms. The second-order valence-electron chi connectivity index (χ2n) is 4.17. The number of hydrogen-bond donors (Lipinski definition) is 0. The fourth-order valence-electron chi connectivity index (χ4n) is 2.05. The molecular formula is C10H15NO2. The summed E-state index contributed by atoms with van der Waals surface area (Å²) in [6.07, 6.45) is 2.76. The highest BCUT2D eigenvalue weighted by molar-refractivity contribution is 5.83. The minimum atomic E-state index is 0.172. The first-order valence-corrected chi connectivity index (χ1v) is 4.96. The van der Waals surface area contributed by atoms with Gasteiger partial charge in [0, 0.05) is 25.4 Å². The van der Waals surface area contributed by atoms with Crippen LogP contribution in [0.5, 0.6) is 0 Å². The molecule has 13 heavy (non-hydrogen) atoms. The van der Waals surface area contributed by atoms with E-state index in [4.69, 9.17) is 0 Å². The number of likely N-dealkylation sites (tertiary alicyclic amines) is 1. The van der Waals surface area contributed by atoms with Crippen molar-refractivity contribution in [1.82, 2.24) is 4.90 Å².